The molecule has 0 aromatic rings. The van der Waals surface area contributed by atoms with Gasteiger partial charge in [0.15, 0.2) is 0 Å². The SMILES string of the molecule is CC12CCC3C(CCC4CC(O)CCC43C)C1CCC2CCCC=O.SS. The van der Waals surface area contributed by atoms with E-state index >= 15 is 0 Å². The fourth-order valence-corrected chi connectivity index (χ4v) is 8.27. The first kappa shape index (κ1) is 22.0. The molecule has 4 aliphatic rings. The van der Waals surface area contributed by atoms with Crippen molar-refractivity contribution in [2.45, 2.75) is 97.0 Å². The molecule has 0 spiro atoms. The molecule has 156 valence electrons. The topological polar surface area (TPSA) is 37.3 Å². The fraction of sp³-hybridized carbons (Fsp3) is 0.957. The predicted octanol–water partition coefficient (Wildman–Crippen LogP) is 6.14. The zero-order valence-corrected chi connectivity index (χ0v) is 19.1. The lowest BCUT2D eigenvalue weighted by Gasteiger charge is -2.61. The maximum absolute atomic E-state index is 10.7. The molecule has 4 saturated carbocycles. The van der Waals surface area contributed by atoms with Crippen molar-refractivity contribution < 1.29 is 9.90 Å². The number of fused-ring (bicyclic) bond motifs is 5. The van der Waals surface area contributed by atoms with Gasteiger partial charge >= 0.3 is 0 Å². The van der Waals surface area contributed by atoms with Crippen molar-refractivity contribution in [3.63, 3.8) is 0 Å². The maximum atomic E-state index is 10.7. The third-order valence-corrected chi connectivity index (χ3v) is 9.71. The minimum Gasteiger partial charge on any atom is -0.393 e. The molecule has 0 heterocycles. The first-order valence-electron chi connectivity index (χ1n) is 11.3. The van der Waals surface area contributed by atoms with Crippen LogP contribution in [-0.4, -0.2) is 17.5 Å². The van der Waals surface area contributed by atoms with Gasteiger partial charge in [-0.1, -0.05) is 13.8 Å². The molecule has 4 rings (SSSR count). The van der Waals surface area contributed by atoms with Crippen LogP contribution in [0.15, 0.2) is 0 Å². The Balaban J connectivity index is 0.00000102. The lowest BCUT2D eigenvalue weighted by molar-refractivity contribution is -0.127. The van der Waals surface area contributed by atoms with E-state index < -0.39 is 0 Å². The minimum atomic E-state index is -0.0304. The third-order valence-electron chi connectivity index (χ3n) is 9.71. The van der Waals surface area contributed by atoms with Gasteiger partial charge < -0.3 is 9.90 Å². The molecule has 8 unspecified atom stereocenters. The number of carbonyl (C=O) groups is 1. The number of thiol groups is 2. The summed E-state index contributed by atoms with van der Waals surface area (Å²) >= 11 is 6.44. The first-order valence-corrected chi connectivity index (χ1v) is 12.9. The quantitative estimate of drug-likeness (QED) is 0.225. The largest absolute Gasteiger partial charge is 0.393 e. The number of aldehydes is 1. The van der Waals surface area contributed by atoms with E-state index in [0.717, 1.165) is 61.6 Å². The summed E-state index contributed by atoms with van der Waals surface area (Å²) in [5.74, 6) is 4.40. The van der Waals surface area contributed by atoms with E-state index in [9.17, 15) is 9.90 Å². The number of rotatable bonds is 4. The van der Waals surface area contributed by atoms with Crippen LogP contribution in [0, 0.1) is 40.4 Å². The average molecular weight is 413 g/mol. The summed E-state index contributed by atoms with van der Waals surface area (Å²) in [5.41, 5.74) is 1.04. The second-order valence-corrected chi connectivity index (χ2v) is 10.5. The fourth-order valence-electron chi connectivity index (χ4n) is 8.27. The van der Waals surface area contributed by atoms with Gasteiger partial charge in [-0.3, -0.25) is 0 Å². The lowest BCUT2D eigenvalue weighted by Crippen LogP contribution is -2.53. The molecular weight excluding hydrogens is 372 g/mol. The van der Waals surface area contributed by atoms with Crippen LogP contribution < -0.4 is 0 Å². The summed E-state index contributed by atoms with van der Waals surface area (Å²) in [6.07, 6.45) is 16.0. The molecule has 27 heavy (non-hydrogen) atoms. The van der Waals surface area contributed by atoms with Crippen LogP contribution in [0.3, 0.4) is 0 Å². The molecule has 0 saturated heterocycles. The second kappa shape index (κ2) is 9.00. The van der Waals surface area contributed by atoms with E-state index in [1.807, 2.05) is 0 Å². The highest BCUT2D eigenvalue weighted by Crippen LogP contribution is 2.67. The number of hydrogen-bond acceptors (Lipinski definition) is 4. The van der Waals surface area contributed by atoms with Crippen LogP contribution >= 0.6 is 23.3 Å². The van der Waals surface area contributed by atoms with Gasteiger partial charge in [-0.15, -0.1) is 23.3 Å². The molecule has 1 N–H and O–H groups in total. The zero-order valence-electron chi connectivity index (χ0n) is 17.3. The highest BCUT2D eigenvalue weighted by Gasteiger charge is 2.59. The molecule has 0 aromatic heterocycles. The Morgan fingerprint density at radius 2 is 1.67 bits per heavy atom. The van der Waals surface area contributed by atoms with Gasteiger partial charge in [0.25, 0.3) is 0 Å². The van der Waals surface area contributed by atoms with Crippen LogP contribution in [-0.2, 0) is 4.79 Å². The van der Waals surface area contributed by atoms with Gasteiger partial charge in [-0.25, -0.2) is 0 Å². The zero-order chi connectivity index (χ0) is 19.7. The third kappa shape index (κ3) is 3.89. The van der Waals surface area contributed by atoms with E-state index in [1.165, 1.54) is 51.4 Å². The predicted molar refractivity (Wildman–Crippen MR) is 119 cm³/mol. The van der Waals surface area contributed by atoms with Crippen LogP contribution in [0.25, 0.3) is 0 Å². The molecule has 0 aromatic carbocycles. The Labute approximate surface area is 176 Å². The number of aliphatic hydroxyl groups excluding tert-OH is 1. The van der Waals surface area contributed by atoms with Crippen LogP contribution in [0.1, 0.15) is 90.9 Å². The number of aliphatic hydroxyl groups is 1. The Hall–Kier alpha value is 0.330. The van der Waals surface area contributed by atoms with E-state index in [0.29, 0.717) is 10.8 Å². The van der Waals surface area contributed by atoms with Crippen molar-refractivity contribution in [2.24, 2.45) is 40.4 Å². The monoisotopic (exact) mass is 412 g/mol. The Bertz CT molecular complexity index is 513. The normalized spacial score (nSPS) is 48.5. The van der Waals surface area contributed by atoms with E-state index in [1.54, 1.807) is 0 Å². The van der Waals surface area contributed by atoms with Crippen molar-refractivity contribution >= 4 is 29.6 Å². The highest BCUT2D eigenvalue weighted by molar-refractivity contribution is 8.59. The van der Waals surface area contributed by atoms with Gasteiger partial charge in [-0.2, -0.15) is 0 Å². The Morgan fingerprint density at radius 3 is 2.41 bits per heavy atom. The van der Waals surface area contributed by atoms with Crippen molar-refractivity contribution in [3.8, 4) is 0 Å². The minimum absolute atomic E-state index is 0.0304. The van der Waals surface area contributed by atoms with Crippen LogP contribution in [0.2, 0.25) is 0 Å². The van der Waals surface area contributed by atoms with Gasteiger partial charge in [0.2, 0.25) is 0 Å². The second-order valence-electron chi connectivity index (χ2n) is 10.5. The molecule has 4 heteroatoms. The standard InChI is InChI=1S/C23H38O2.H2S2/c1-22-13-11-21-19(20(22)9-7-16(22)5-3-4-14-24)8-6-17-15-18(25)10-12-23(17,21)2;1-2/h14,16-21,25H,3-13,15H2,1-2H3;1-2H. The van der Waals surface area contributed by atoms with Crippen LogP contribution in [0.5, 0.6) is 0 Å². The smallest absolute Gasteiger partial charge is 0.119 e. The molecule has 0 radical (unpaired) electrons. The van der Waals surface area contributed by atoms with Crippen molar-refractivity contribution in [2.75, 3.05) is 0 Å². The summed E-state index contributed by atoms with van der Waals surface area (Å²) < 4.78 is 0. The molecule has 0 bridgehead atoms. The molecule has 0 amide bonds. The van der Waals surface area contributed by atoms with Gasteiger partial charge in [-0.05, 0) is 111 Å². The summed E-state index contributed by atoms with van der Waals surface area (Å²) in [6.45, 7) is 5.19. The van der Waals surface area contributed by atoms with E-state index in [-0.39, 0.29) is 6.10 Å². The van der Waals surface area contributed by atoms with Crippen molar-refractivity contribution in [1.29, 1.82) is 0 Å². The van der Waals surface area contributed by atoms with Crippen LogP contribution in [0.4, 0.5) is 0 Å². The molecule has 2 nitrogen and oxygen atoms in total. The number of carbonyl (C=O) groups excluding carboxylic acids is 1. The summed E-state index contributed by atoms with van der Waals surface area (Å²) in [4.78, 5) is 10.7. The molecule has 0 aliphatic heterocycles. The summed E-state index contributed by atoms with van der Waals surface area (Å²) in [5, 5.41) is 10.2. The van der Waals surface area contributed by atoms with Crippen molar-refractivity contribution in [3.05, 3.63) is 0 Å². The summed E-state index contributed by atoms with van der Waals surface area (Å²) in [6, 6.07) is 0. The average Bonchev–Trinajstić information content (AvgIpc) is 3.01. The van der Waals surface area contributed by atoms with Gasteiger partial charge in [0, 0.05) is 6.42 Å². The Morgan fingerprint density at radius 1 is 0.963 bits per heavy atom. The number of unbranched alkanes of at least 4 members (excludes halogenated alkanes) is 1. The van der Waals surface area contributed by atoms with Gasteiger partial charge in [0.1, 0.15) is 6.29 Å². The molecular formula is C23H40O2S2. The lowest BCUT2D eigenvalue weighted by atomic mass is 9.44. The van der Waals surface area contributed by atoms with E-state index in [4.69, 9.17) is 0 Å². The van der Waals surface area contributed by atoms with Crippen molar-refractivity contribution in [1.82, 2.24) is 0 Å². The highest BCUT2D eigenvalue weighted by atomic mass is 33.1. The molecule has 4 fully saturated rings. The Kier molecular flexibility index (Phi) is 7.34. The molecule has 8 atom stereocenters. The summed E-state index contributed by atoms with van der Waals surface area (Å²) in [7, 11) is 0. The first-order chi connectivity index (χ1) is 13.0. The van der Waals surface area contributed by atoms with E-state index in [2.05, 4.69) is 37.2 Å². The number of hydrogen-bond donors (Lipinski definition) is 3. The molecule has 4 aliphatic carbocycles. The van der Waals surface area contributed by atoms with Gasteiger partial charge in [0.05, 0.1) is 6.10 Å². The maximum Gasteiger partial charge on any atom is 0.119 e.